The molecule has 35 heavy (non-hydrogen) atoms. The highest BCUT2D eigenvalue weighted by molar-refractivity contribution is 9.10. The molecular weight excluding hydrogens is 510 g/mol. The predicted octanol–water partition coefficient (Wildman–Crippen LogP) is 5.04. The molecule has 1 aromatic carbocycles. The Balaban J connectivity index is 1.66. The zero-order valence-corrected chi connectivity index (χ0v) is 21.8. The van der Waals surface area contributed by atoms with Gasteiger partial charge >= 0.3 is 0 Å². The van der Waals surface area contributed by atoms with Gasteiger partial charge in [0.15, 0.2) is 0 Å². The van der Waals surface area contributed by atoms with E-state index in [0.29, 0.717) is 23.1 Å². The van der Waals surface area contributed by atoms with E-state index in [1.807, 2.05) is 42.5 Å². The van der Waals surface area contributed by atoms with Crippen molar-refractivity contribution in [3.05, 3.63) is 86.9 Å². The summed E-state index contributed by atoms with van der Waals surface area (Å²) in [5.41, 5.74) is 2.55. The molecular formula is C26H26BrN5O3. The normalized spacial score (nSPS) is 11.4. The smallest absolute Gasteiger partial charge is 0.276 e. The van der Waals surface area contributed by atoms with Crippen molar-refractivity contribution in [2.45, 2.75) is 39.7 Å². The molecule has 0 spiro atoms. The largest absolute Gasteiger partial charge is 0.481 e. The van der Waals surface area contributed by atoms with Gasteiger partial charge in [-0.2, -0.15) is 4.98 Å². The maximum Gasteiger partial charge on any atom is 0.276 e. The van der Waals surface area contributed by atoms with E-state index in [4.69, 9.17) is 14.5 Å². The molecule has 0 fully saturated rings. The molecule has 0 saturated carbocycles. The number of halogens is 1. The number of hydrogen-bond donors (Lipinski definition) is 0. The van der Waals surface area contributed by atoms with Gasteiger partial charge in [-0.3, -0.25) is 9.36 Å². The van der Waals surface area contributed by atoms with Crippen LogP contribution in [0.2, 0.25) is 0 Å². The highest BCUT2D eigenvalue weighted by Crippen LogP contribution is 2.26. The van der Waals surface area contributed by atoms with Crippen LogP contribution in [0.15, 0.2) is 64.0 Å². The van der Waals surface area contributed by atoms with Crippen LogP contribution in [0, 0.1) is 6.92 Å². The number of pyridine rings is 1. The first kappa shape index (κ1) is 24.5. The minimum Gasteiger partial charge on any atom is -0.481 e. The molecule has 0 aliphatic heterocycles. The van der Waals surface area contributed by atoms with Gasteiger partial charge in [-0.1, -0.05) is 39.0 Å². The minimum absolute atomic E-state index is 0.144. The number of benzene rings is 1. The Labute approximate surface area is 212 Å². The second kappa shape index (κ2) is 9.95. The van der Waals surface area contributed by atoms with Crippen LogP contribution in [-0.2, 0) is 12.0 Å². The Bertz CT molecular complexity index is 1430. The van der Waals surface area contributed by atoms with E-state index in [1.54, 1.807) is 26.3 Å². The van der Waals surface area contributed by atoms with Gasteiger partial charge < -0.3 is 9.47 Å². The van der Waals surface area contributed by atoms with Crippen molar-refractivity contribution in [2.24, 2.45) is 0 Å². The predicted molar refractivity (Wildman–Crippen MR) is 137 cm³/mol. The van der Waals surface area contributed by atoms with E-state index in [9.17, 15) is 4.79 Å². The lowest BCUT2D eigenvalue weighted by atomic mass is 9.95. The number of rotatable bonds is 6. The minimum atomic E-state index is -0.277. The molecule has 0 radical (unpaired) electrons. The van der Waals surface area contributed by atoms with Crippen molar-refractivity contribution < 1.29 is 9.47 Å². The summed E-state index contributed by atoms with van der Waals surface area (Å²) < 4.78 is 12.7. The third-order valence-corrected chi connectivity index (χ3v) is 5.92. The molecule has 0 atom stereocenters. The van der Waals surface area contributed by atoms with Crippen molar-refractivity contribution in [3.8, 4) is 28.7 Å². The Morgan fingerprint density at radius 1 is 1.03 bits per heavy atom. The quantitative estimate of drug-likeness (QED) is 0.341. The number of nitrogens with zero attached hydrogens (tertiary/aromatic N) is 5. The fourth-order valence-corrected chi connectivity index (χ4v) is 3.84. The third kappa shape index (κ3) is 5.40. The summed E-state index contributed by atoms with van der Waals surface area (Å²) in [6.45, 7) is 8.12. The van der Waals surface area contributed by atoms with E-state index < -0.39 is 0 Å². The van der Waals surface area contributed by atoms with Crippen molar-refractivity contribution >= 4 is 15.9 Å². The monoisotopic (exact) mass is 535 g/mol. The van der Waals surface area contributed by atoms with Gasteiger partial charge in [-0.05, 0) is 47.1 Å². The summed E-state index contributed by atoms with van der Waals surface area (Å²) in [7, 11) is 1.55. The Morgan fingerprint density at radius 3 is 2.54 bits per heavy atom. The zero-order chi connectivity index (χ0) is 25.2. The second-order valence-corrected chi connectivity index (χ2v) is 9.74. The van der Waals surface area contributed by atoms with E-state index in [1.165, 1.54) is 4.57 Å². The van der Waals surface area contributed by atoms with Crippen LogP contribution in [0.3, 0.4) is 0 Å². The molecule has 8 nitrogen and oxygen atoms in total. The topological polar surface area (TPSA) is 92.0 Å². The molecule has 0 amide bonds. The van der Waals surface area contributed by atoms with Gasteiger partial charge in [0.25, 0.3) is 5.56 Å². The van der Waals surface area contributed by atoms with Crippen LogP contribution < -0.4 is 15.0 Å². The van der Waals surface area contributed by atoms with Crippen LogP contribution in [-0.4, -0.2) is 31.6 Å². The molecule has 0 aliphatic carbocycles. The number of ether oxygens (including phenoxy) is 2. The highest BCUT2D eigenvalue weighted by Gasteiger charge is 2.19. The lowest BCUT2D eigenvalue weighted by Crippen LogP contribution is -2.24. The van der Waals surface area contributed by atoms with Gasteiger partial charge in [0, 0.05) is 23.2 Å². The molecule has 3 aromatic heterocycles. The summed E-state index contributed by atoms with van der Waals surface area (Å²) in [6.07, 6.45) is 1.76. The van der Waals surface area contributed by atoms with Crippen molar-refractivity contribution in [1.82, 2.24) is 24.5 Å². The van der Waals surface area contributed by atoms with Gasteiger partial charge in [0.1, 0.15) is 22.7 Å². The maximum atomic E-state index is 13.3. The summed E-state index contributed by atoms with van der Waals surface area (Å²) in [4.78, 5) is 31.3. The lowest BCUT2D eigenvalue weighted by molar-refractivity contribution is 0.282. The number of aromatic nitrogens is 5. The molecule has 0 saturated heterocycles. The molecule has 0 bridgehead atoms. The molecule has 4 rings (SSSR count). The van der Waals surface area contributed by atoms with E-state index in [-0.39, 0.29) is 27.9 Å². The Kier molecular flexibility index (Phi) is 6.98. The van der Waals surface area contributed by atoms with Crippen LogP contribution in [0.4, 0.5) is 0 Å². The number of aryl methyl sites for hydroxylation is 1. The molecule has 4 aromatic rings. The average molecular weight is 536 g/mol. The van der Waals surface area contributed by atoms with Crippen LogP contribution in [0.1, 0.15) is 38.1 Å². The first-order chi connectivity index (χ1) is 16.7. The highest BCUT2D eigenvalue weighted by atomic mass is 79.9. The summed E-state index contributed by atoms with van der Waals surface area (Å²) in [6, 6.07) is 14.9. The SMILES string of the molecule is COc1cccc(COc2nc(C)n(-c3cccc(-c4ccnc(C(C)(C)C)n4)c3)c(=O)c2Br)n1. The van der Waals surface area contributed by atoms with Gasteiger partial charge in [-0.25, -0.2) is 15.0 Å². The Morgan fingerprint density at radius 2 is 1.80 bits per heavy atom. The van der Waals surface area contributed by atoms with E-state index in [0.717, 1.165) is 17.1 Å². The van der Waals surface area contributed by atoms with Crippen molar-refractivity contribution in [1.29, 1.82) is 0 Å². The standard InChI is InChI=1S/C26H26BrN5O3/c1-16-29-23(35-15-18-9-7-11-21(30-18)34-5)22(27)24(33)32(16)19-10-6-8-17(14-19)20-12-13-28-25(31-20)26(2,3)4/h6-14H,15H2,1-5H3. The molecule has 0 aliphatic rings. The summed E-state index contributed by atoms with van der Waals surface area (Å²) in [5.74, 6) is 1.94. The first-order valence-corrected chi connectivity index (χ1v) is 11.8. The number of methoxy groups -OCH3 is 1. The Hall–Kier alpha value is -3.59. The fourth-order valence-electron chi connectivity index (χ4n) is 3.46. The molecule has 9 heteroatoms. The second-order valence-electron chi connectivity index (χ2n) is 8.94. The van der Waals surface area contributed by atoms with Gasteiger partial charge in [0.2, 0.25) is 11.8 Å². The first-order valence-electron chi connectivity index (χ1n) is 11.0. The third-order valence-electron chi connectivity index (χ3n) is 5.24. The van der Waals surface area contributed by atoms with Crippen LogP contribution in [0.25, 0.3) is 16.9 Å². The van der Waals surface area contributed by atoms with Crippen molar-refractivity contribution in [3.63, 3.8) is 0 Å². The maximum absolute atomic E-state index is 13.3. The van der Waals surface area contributed by atoms with E-state index in [2.05, 4.69) is 51.7 Å². The summed E-state index contributed by atoms with van der Waals surface area (Å²) in [5, 5.41) is 0. The molecule has 3 heterocycles. The molecule has 180 valence electrons. The lowest BCUT2D eigenvalue weighted by Gasteiger charge is -2.17. The molecule has 0 N–H and O–H groups in total. The molecule has 0 unspecified atom stereocenters. The number of hydrogen-bond acceptors (Lipinski definition) is 7. The van der Waals surface area contributed by atoms with Crippen LogP contribution in [0.5, 0.6) is 11.8 Å². The van der Waals surface area contributed by atoms with Gasteiger partial charge in [0.05, 0.1) is 24.2 Å². The van der Waals surface area contributed by atoms with Crippen LogP contribution >= 0.6 is 15.9 Å². The fraction of sp³-hybridized carbons (Fsp3) is 0.269. The van der Waals surface area contributed by atoms with E-state index >= 15 is 0 Å². The summed E-state index contributed by atoms with van der Waals surface area (Å²) >= 11 is 3.37. The zero-order valence-electron chi connectivity index (χ0n) is 20.2. The van der Waals surface area contributed by atoms with Crippen molar-refractivity contribution in [2.75, 3.05) is 7.11 Å². The van der Waals surface area contributed by atoms with Gasteiger partial charge in [-0.15, -0.1) is 0 Å². The average Bonchev–Trinajstić information content (AvgIpc) is 2.85.